The first kappa shape index (κ1) is 20.6. The summed E-state index contributed by atoms with van der Waals surface area (Å²) in [6, 6.07) is 6.97. The Bertz CT molecular complexity index is 1060. The minimum Gasteiger partial charge on any atom is -0.360 e. The van der Waals surface area contributed by atoms with Crippen LogP contribution >= 0.6 is 11.8 Å². The number of fused-ring (bicyclic) bond motifs is 1. The third-order valence-corrected chi connectivity index (χ3v) is 5.21. The number of aryl methyl sites for hydroxylation is 2. The number of thioether (sulfide) groups is 1. The predicted octanol–water partition coefficient (Wildman–Crippen LogP) is 1.06. The van der Waals surface area contributed by atoms with Gasteiger partial charge in [0.1, 0.15) is 5.76 Å². The van der Waals surface area contributed by atoms with Crippen molar-refractivity contribution in [1.29, 1.82) is 0 Å². The number of aromatic nitrogens is 4. The van der Waals surface area contributed by atoms with E-state index in [4.69, 9.17) is 4.52 Å². The summed E-state index contributed by atoms with van der Waals surface area (Å²) in [5.41, 5.74) is 0.385. The fourth-order valence-electron chi connectivity index (χ4n) is 2.55. The Morgan fingerprint density at radius 2 is 2.17 bits per heavy atom. The fourth-order valence-corrected chi connectivity index (χ4v) is 3.26. The van der Waals surface area contributed by atoms with Crippen molar-refractivity contribution in [3.05, 3.63) is 46.7 Å². The molecule has 0 radical (unpaired) electrons. The molecule has 2 N–H and O–H groups in total. The van der Waals surface area contributed by atoms with Gasteiger partial charge in [0, 0.05) is 25.4 Å². The summed E-state index contributed by atoms with van der Waals surface area (Å²) < 4.78 is 7.75. The standard InChI is InChI=1S/C18H22N6O4S/c1-12-10-14(22-28-12)20-17(26)13(2)29-11-16(25)19-7-5-9-24-18(27)23-8-4-3-6-15(23)21-24/h3-4,6,8,10,13H,5,7,9,11H2,1-2H3,(H,19,25)(H,20,22,26). The van der Waals surface area contributed by atoms with Crippen molar-refractivity contribution in [1.82, 2.24) is 24.7 Å². The highest BCUT2D eigenvalue weighted by Gasteiger charge is 2.16. The largest absolute Gasteiger partial charge is 0.360 e. The lowest BCUT2D eigenvalue weighted by atomic mass is 10.4. The van der Waals surface area contributed by atoms with E-state index in [1.807, 2.05) is 6.07 Å². The van der Waals surface area contributed by atoms with E-state index >= 15 is 0 Å². The summed E-state index contributed by atoms with van der Waals surface area (Å²) in [4.78, 5) is 36.2. The number of hydrogen-bond donors (Lipinski definition) is 2. The van der Waals surface area contributed by atoms with Crippen molar-refractivity contribution < 1.29 is 14.1 Å². The Morgan fingerprint density at radius 1 is 1.34 bits per heavy atom. The number of amides is 2. The number of carbonyl (C=O) groups excluding carboxylic acids is 2. The number of pyridine rings is 1. The highest BCUT2D eigenvalue weighted by molar-refractivity contribution is 8.01. The summed E-state index contributed by atoms with van der Waals surface area (Å²) in [7, 11) is 0. The van der Waals surface area contributed by atoms with Gasteiger partial charge in [0.2, 0.25) is 11.8 Å². The van der Waals surface area contributed by atoms with Crippen LogP contribution in [0.15, 0.2) is 39.8 Å². The molecule has 3 rings (SSSR count). The summed E-state index contributed by atoms with van der Waals surface area (Å²) in [6.45, 7) is 4.27. The van der Waals surface area contributed by atoms with Crippen LogP contribution in [0.1, 0.15) is 19.1 Å². The van der Waals surface area contributed by atoms with E-state index < -0.39 is 5.25 Å². The Balaban J connectivity index is 1.35. The molecule has 0 aliphatic carbocycles. The van der Waals surface area contributed by atoms with E-state index in [2.05, 4.69) is 20.9 Å². The van der Waals surface area contributed by atoms with Crippen LogP contribution in [0, 0.1) is 6.92 Å². The molecule has 2 amide bonds. The van der Waals surface area contributed by atoms with Gasteiger partial charge in [-0.15, -0.1) is 16.9 Å². The summed E-state index contributed by atoms with van der Waals surface area (Å²) >= 11 is 1.23. The van der Waals surface area contributed by atoms with E-state index in [-0.39, 0.29) is 23.3 Å². The van der Waals surface area contributed by atoms with E-state index in [0.29, 0.717) is 36.7 Å². The zero-order valence-corrected chi connectivity index (χ0v) is 16.9. The third kappa shape index (κ3) is 5.47. The van der Waals surface area contributed by atoms with Crippen LogP contribution in [0.5, 0.6) is 0 Å². The average molecular weight is 418 g/mol. The molecule has 154 valence electrons. The average Bonchev–Trinajstić information content (AvgIpc) is 3.26. The number of rotatable bonds is 9. The van der Waals surface area contributed by atoms with E-state index in [1.165, 1.54) is 20.8 Å². The quantitative estimate of drug-likeness (QED) is 0.498. The van der Waals surface area contributed by atoms with Gasteiger partial charge < -0.3 is 15.2 Å². The molecule has 0 saturated carbocycles. The number of carbonyl (C=O) groups is 2. The normalized spacial score (nSPS) is 12.1. The van der Waals surface area contributed by atoms with E-state index in [0.717, 1.165) is 0 Å². The van der Waals surface area contributed by atoms with Crippen LogP contribution < -0.4 is 16.3 Å². The number of nitrogens with one attached hydrogen (secondary N) is 2. The van der Waals surface area contributed by atoms with Crippen molar-refractivity contribution in [3.63, 3.8) is 0 Å². The fraction of sp³-hybridized carbons (Fsp3) is 0.389. The Morgan fingerprint density at radius 3 is 2.90 bits per heavy atom. The molecule has 0 aliphatic rings. The van der Waals surface area contributed by atoms with Crippen LogP contribution in [0.25, 0.3) is 5.65 Å². The maximum atomic E-state index is 12.2. The van der Waals surface area contributed by atoms with E-state index in [9.17, 15) is 14.4 Å². The van der Waals surface area contributed by atoms with Crippen molar-refractivity contribution in [2.24, 2.45) is 0 Å². The molecule has 1 atom stereocenters. The maximum Gasteiger partial charge on any atom is 0.350 e. The zero-order valence-electron chi connectivity index (χ0n) is 16.1. The van der Waals surface area contributed by atoms with Gasteiger partial charge in [0.25, 0.3) is 0 Å². The molecule has 3 aromatic rings. The SMILES string of the molecule is Cc1cc(NC(=O)C(C)SCC(=O)NCCCn2nc3ccccn3c2=O)no1. The highest BCUT2D eigenvalue weighted by atomic mass is 32.2. The number of hydrogen-bond acceptors (Lipinski definition) is 7. The molecule has 0 fully saturated rings. The molecular weight excluding hydrogens is 396 g/mol. The summed E-state index contributed by atoms with van der Waals surface area (Å²) in [5.74, 6) is 0.690. The van der Waals surface area contributed by atoms with Gasteiger partial charge in [-0.1, -0.05) is 11.2 Å². The van der Waals surface area contributed by atoms with Gasteiger partial charge in [-0.2, -0.15) is 0 Å². The topological polar surface area (TPSA) is 124 Å². The zero-order chi connectivity index (χ0) is 20.8. The predicted molar refractivity (Wildman–Crippen MR) is 109 cm³/mol. The second kappa shape index (κ2) is 9.41. The smallest absolute Gasteiger partial charge is 0.350 e. The molecule has 1 unspecified atom stereocenters. The molecule has 0 spiro atoms. The first-order chi connectivity index (χ1) is 13.9. The first-order valence-corrected chi connectivity index (χ1v) is 10.2. The van der Waals surface area contributed by atoms with Gasteiger partial charge >= 0.3 is 5.69 Å². The van der Waals surface area contributed by atoms with Crippen molar-refractivity contribution in [2.75, 3.05) is 17.6 Å². The Labute approximate surface area is 170 Å². The number of anilines is 1. The minimum absolute atomic E-state index is 0.154. The molecule has 3 heterocycles. The van der Waals surface area contributed by atoms with Crippen LogP contribution in [-0.2, 0) is 16.1 Å². The lowest BCUT2D eigenvalue weighted by molar-refractivity contribution is -0.118. The highest BCUT2D eigenvalue weighted by Crippen LogP contribution is 2.14. The van der Waals surface area contributed by atoms with Crippen LogP contribution in [-0.4, -0.2) is 48.7 Å². The van der Waals surface area contributed by atoms with Crippen LogP contribution in [0.2, 0.25) is 0 Å². The van der Waals surface area contributed by atoms with Gasteiger partial charge in [-0.05, 0) is 32.4 Å². The lowest BCUT2D eigenvalue weighted by Gasteiger charge is -2.10. The van der Waals surface area contributed by atoms with Gasteiger partial charge in [-0.25, -0.2) is 9.48 Å². The van der Waals surface area contributed by atoms with Gasteiger partial charge in [0.05, 0.1) is 11.0 Å². The second-order valence-electron chi connectivity index (χ2n) is 6.40. The van der Waals surface area contributed by atoms with E-state index in [1.54, 1.807) is 38.2 Å². The molecule has 0 saturated heterocycles. The number of nitrogens with zero attached hydrogens (tertiary/aromatic N) is 4. The molecule has 3 aromatic heterocycles. The Kier molecular flexibility index (Phi) is 6.70. The molecule has 29 heavy (non-hydrogen) atoms. The lowest BCUT2D eigenvalue weighted by Crippen LogP contribution is -2.30. The molecule has 0 aromatic carbocycles. The molecular formula is C18H22N6O4S. The van der Waals surface area contributed by atoms with Crippen LogP contribution in [0.3, 0.4) is 0 Å². The first-order valence-electron chi connectivity index (χ1n) is 9.11. The third-order valence-electron chi connectivity index (χ3n) is 4.07. The second-order valence-corrected chi connectivity index (χ2v) is 7.73. The Hall–Kier alpha value is -3.08. The van der Waals surface area contributed by atoms with Crippen molar-refractivity contribution in [2.45, 2.75) is 32.1 Å². The van der Waals surface area contributed by atoms with Crippen LogP contribution in [0.4, 0.5) is 5.82 Å². The van der Waals surface area contributed by atoms with Crippen molar-refractivity contribution >= 4 is 35.0 Å². The van der Waals surface area contributed by atoms with Gasteiger partial charge in [-0.3, -0.25) is 14.0 Å². The van der Waals surface area contributed by atoms with Crippen molar-refractivity contribution in [3.8, 4) is 0 Å². The molecule has 11 heteroatoms. The minimum atomic E-state index is -0.422. The molecule has 0 aliphatic heterocycles. The molecule has 0 bridgehead atoms. The monoisotopic (exact) mass is 418 g/mol. The van der Waals surface area contributed by atoms with Gasteiger partial charge in [0.15, 0.2) is 11.5 Å². The summed E-state index contributed by atoms with van der Waals surface area (Å²) in [5, 5.41) is 12.9. The molecule has 10 nitrogen and oxygen atoms in total. The maximum absolute atomic E-state index is 12.2. The summed E-state index contributed by atoms with van der Waals surface area (Å²) in [6.07, 6.45) is 2.24.